The molecule has 33 heavy (non-hydrogen) atoms. The lowest BCUT2D eigenvalue weighted by atomic mass is 10.1. The smallest absolute Gasteiger partial charge is 0.297 e. The molecule has 1 heterocycles. The fourth-order valence-electron chi connectivity index (χ4n) is 3.95. The summed E-state index contributed by atoms with van der Waals surface area (Å²) in [5, 5.41) is 0.874. The molecule has 5 nitrogen and oxygen atoms in total. The number of allylic oxidation sites excluding steroid dienone is 1. The zero-order valence-electron chi connectivity index (χ0n) is 21.3. The number of hydrogen-bond acceptors (Lipinski definition) is 4. The summed E-state index contributed by atoms with van der Waals surface area (Å²) in [5.74, 6) is 0.863. The topological polar surface area (TPSA) is 66.5 Å². The van der Waals surface area contributed by atoms with Gasteiger partial charge in [0.05, 0.1) is 12.1 Å². The van der Waals surface area contributed by atoms with Crippen LogP contribution in [-0.2, 0) is 6.54 Å². The van der Waals surface area contributed by atoms with Crippen LogP contribution in [0.5, 0.6) is 11.5 Å². The van der Waals surface area contributed by atoms with Crippen molar-refractivity contribution in [2.75, 3.05) is 18.9 Å². The lowest BCUT2D eigenvalue weighted by molar-refractivity contribution is 0.272. The Kier molecular flexibility index (Phi) is 11.9. The molecule has 2 aromatic rings. The molecule has 0 fully saturated rings. The third-order valence-corrected chi connectivity index (χ3v) is 5.90. The summed E-state index contributed by atoms with van der Waals surface area (Å²) in [6.45, 7) is 10.1. The molecule has 1 aromatic carbocycles. The van der Waals surface area contributed by atoms with E-state index in [4.69, 9.17) is 15.2 Å². The highest BCUT2D eigenvalue weighted by atomic mass is 16.5. The number of aryl methyl sites for hydroxylation is 1. The standard InChI is InChI=1S/C28H44N2O3/c1-5-7-9-11-12-14-19-32-27-26(33-20-17-22(3)4)24-16-15-23(29)21-25(24)30(28(27)31)18-13-10-8-6-2/h15-17,21H,5-14,18-20,29H2,1-4H3. The Hall–Kier alpha value is -2.43. The van der Waals surface area contributed by atoms with Crippen molar-refractivity contribution in [2.24, 2.45) is 0 Å². The molecule has 2 N–H and O–H groups in total. The van der Waals surface area contributed by atoms with Gasteiger partial charge < -0.3 is 19.8 Å². The van der Waals surface area contributed by atoms with Gasteiger partial charge in [-0.1, -0.05) is 70.8 Å². The number of aromatic nitrogens is 1. The molecule has 0 saturated heterocycles. The number of nitrogen functional groups attached to an aromatic ring is 1. The van der Waals surface area contributed by atoms with Crippen molar-refractivity contribution in [2.45, 2.75) is 98.4 Å². The van der Waals surface area contributed by atoms with Gasteiger partial charge in [-0.25, -0.2) is 0 Å². The van der Waals surface area contributed by atoms with Gasteiger partial charge in [-0.2, -0.15) is 0 Å². The molecule has 0 spiro atoms. The highest BCUT2D eigenvalue weighted by Crippen LogP contribution is 2.34. The van der Waals surface area contributed by atoms with Gasteiger partial charge in [-0.3, -0.25) is 4.79 Å². The van der Waals surface area contributed by atoms with Crippen LogP contribution in [-0.4, -0.2) is 17.8 Å². The molecule has 0 saturated carbocycles. The maximum Gasteiger partial charge on any atom is 0.297 e. The van der Waals surface area contributed by atoms with Crippen molar-refractivity contribution >= 4 is 16.6 Å². The van der Waals surface area contributed by atoms with Gasteiger partial charge in [-0.05, 0) is 51.0 Å². The third-order valence-electron chi connectivity index (χ3n) is 5.90. The second-order valence-corrected chi connectivity index (χ2v) is 9.16. The normalized spacial score (nSPS) is 11.0. The number of ether oxygens (including phenoxy) is 2. The average molecular weight is 457 g/mol. The summed E-state index contributed by atoms with van der Waals surface area (Å²) < 4.78 is 14.1. The van der Waals surface area contributed by atoms with E-state index >= 15 is 0 Å². The minimum Gasteiger partial charge on any atom is -0.485 e. The first kappa shape index (κ1) is 26.8. The van der Waals surface area contributed by atoms with Crippen LogP contribution in [0, 0.1) is 0 Å². The number of benzene rings is 1. The Morgan fingerprint density at radius 1 is 0.909 bits per heavy atom. The number of fused-ring (bicyclic) bond motifs is 1. The van der Waals surface area contributed by atoms with Crippen LogP contribution in [0.1, 0.15) is 91.9 Å². The summed E-state index contributed by atoms with van der Waals surface area (Å²) in [7, 11) is 0. The first-order chi connectivity index (χ1) is 16.0. The SMILES string of the molecule is CCCCCCCCOc1c(OCC=C(C)C)c2ccc(N)cc2n(CCCCCC)c1=O. The van der Waals surface area contributed by atoms with Crippen LogP contribution >= 0.6 is 0 Å². The number of nitrogens with zero attached hydrogens (tertiary/aromatic N) is 1. The minimum atomic E-state index is -0.122. The largest absolute Gasteiger partial charge is 0.485 e. The Balaban J connectivity index is 2.36. The van der Waals surface area contributed by atoms with Crippen LogP contribution in [0.2, 0.25) is 0 Å². The molecule has 184 valence electrons. The van der Waals surface area contributed by atoms with E-state index in [0.29, 0.717) is 36.9 Å². The molecular weight excluding hydrogens is 412 g/mol. The highest BCUT2D eigenvalue weighted by Gasteiger charge is 2.20. The van der Waals surface area contributed by atoms with Crippen LogP contribution in [0.3, 0.4) is 0 Å². The van der Waals surface area contributed by atoms with Crippen molar-refractivity contribution < 1.29 is 9.47 Å². The van der Waals surface area contributed by atoms with Crippen LogP contribution in [0.15, 0.2) is 34.6 Å². The summed E-state index contributed by atoms with van der Waals surface area (Å²) in [4.78, 5) is 13.6. The zero-order chi connectivity index (χ0) is 24.1. The fraction of sp³-hybridized carbons (Fsp3) is 0.607. The fourth-order valence-corrected chi connectivity index (χ4v) is 3.95. The highest BCUT2D eigenvalue weighted by molar-refractivity contribution is 5.90. The Morgan fingerprint density at radius 2 is 1.58 bits per heavy atom. The van der Waals surface area contributed by atoms with Gasteiger partial charge >= 0.3 is 0 Å². The Labute approximate surface area is 200 Å². The first-order valence-corrected chi connectivity index (χ1v) is 12.8. The number of unbranched alkanes of at least 4 members (excludes halogenated alkanes) is 8. The molecule has 2 rings (SSSR count). The van der Waals surface area contributed by atoms with Crippen molar-refractivity contribution in [3.8, 4) is 11.5 Å². The predicted molar refractivity (Wildman–Crippen MR) is 141 cm³/mol. The average Bonchev–Trinajstić information content (AvgIpc) is 2.78. The second kappa shape index (κ2) is 14.7. The van der Waals surface area contributed by atoms with Crippen molar-refractivity contribution in [1.82, 2.24) is 4.57 Å². The molecule has 0 amide bonds. The van der Waals surface area contributed by atoms with Crippen molar-refractivity contribution in [3.63, 3.8) is 0 Å². The molecule has 0 aliphatic heterocycles. The molecule has 0 bridgehead atoms. The van der Waals surface area contributed by atoms with Crippen LogP contribution in [0.4, 0.5) is 5.69 Å². The van der Waals surface area contributed by atoms with Gasteiger partial charge in [-0.15, -0.1) is 0 Å². The summed E-state index contributed by atoms with van der Waals surface area (Å²) >= 11 is 0. The Bertz CT molecular complexity index is 942. The molecule has 0 aliphatic carbocycles. The predicted octanol–water partition coefficient (Wildman–Crippen LogP) is 7.25. The monoisotopic (exact) mass is 456 g/mol. The van der Waals surface area contributed by atoms with Crippen molar-refractivity contribution in [3.05, 3.63) is 40.2 Å². The second-order valence-electron chi connectivity index (χ2n) is 9.16. The summed E-state index contributed by atoms with van der Waals surface area (Å²) in [6.07, 6.45) is 13.4. The quantitative estimate of drug-likeness (QED) is 0.164. The molecule has 5 heteroatoms. The molecular formula is C28H44N2O3. The van der Waals surface area contributed by atoms with E-state index in [1.807, 2.05) is 42.7 Å². The van der Waals surface area contributed by atoms with Crippen molar-refractivity contribution in [1.29, 1.82) is 0 Å². The van der Waals surface area contributed by atoms with Gasteiger partial charge in [0.1, 0.15) is 6.61 Å². The van der Waals surface area contributed by atoms with Crippen LogP contribution in [0.25, 0.3) is 10.9 Å². The van der Waals surface area contributed by atoms with Gasteiger partial charge in [0.2, 0.25) is 5.75 Å². The van der Waals surface area contributed by atoms with E-state index in [1.165, 1.54) is 37.7 Å². The van der Waals surface area contributed by atoms with Crippen LogP contribution < -0.4 is 20.8 Å². The summed E-state index contributed by atoms with van der Waals surface area (Å²) in [5.41, 5.74) is 8.60. The maximum atomic E-state index is 13.6. The zero-order valence-corrected chi connectivity index (χ0v) is 21.3. The van der Waals surface area contributed by atoms with E-state index in [0.717, 1.165) is 43.0 Å². The number of anilines is 1. The van der Waals surface area contributed by atoms with E-state index in [2.05, 4.69) is 13.8 Å². The number of nitrogens with two attached hydrogens (primary N) is 1. The maximum absolute atomic E-state index is 13.6. The van der Waals surface area contributed by atoms with E-state index in [1.54, 1.807) is 0 Å². The molecule has 0 radical (unpaired) electrons. The van der Waals surface area contributed by atoms with Gasteiger partial charge in [0.25, 0.3) is 5.56 Å². The number of rotatable bonds is 16. The van der Waals surface area contributed by atoms with Gasteiger partial charge in [0.15, 0.2) is 5.75 Å². The minimum absolute atomic E-state index is 0.122. The number of pyridine rings is 1. The molecule has 0 atom stereocenters. The Morgan fingerprint density at radius 3 is 2.27 bits per heavy atom. The third kappa shape index (κ3) is 8.45. The summed E-state index contributed by atoms with van der Waals surface area (Å²) in [6, 6.07) is 5.68. The lowest BCUT2D eigenvalue weighted by Gasteiger charge is -2.19. The van der Waals surface area contributed by atoms with E-state index in [-0.39, 0.29) is 5.56 Å². The molecule has 0 unspecified atom stereocenters. The van der Waals surface area contributed by atoms with Gasteiger partial charge in [0, 0.05) is 17.6 Å². The molecule has 0 aliphatic rings. The lowest BCUT2D eigenvalue weighted by Crippen LogP contribution is -2.24. The first-order valence-electron chi connectivity index (χ1n) is 12.8. The van der Waals surface area contributed by atoms with E-state index < -0.39 is 0 Å². The molecule has 1 aromatic heterocycles. The number of hydrogen-bond donors (Lipinski definition) is 1. The van der Waals surface area contributed by atoms with E-state index in [9.17, 15) is 4.79 Å².